The number of rotatable bonds is 8. The Morgan fingerprint density at radius 3 is 2.41 bits per heavy atom. The van der Waals surface area contributed by atoms with Crippen LogP contribution in [0, 0.1) is 5.82 Å². The van der Waals surface area contributed by atoms with Gasteiger partial charge in [-0.25, -0.2) is 9.18 Å². The molecule has 0 spiro atoms. The van der Waals surface area contributed by atoms with Crippen molar-refractivity contribution in [2.24, 2.45) is 0 Å². The fraction of sp³-hybridized carbons (Fsp3) is 0.312. The van der Waals surface area contributed by atoms with Crippen LogP contribution in [0.1, 0.15) is 75.0 Å². The first-order chi connectivity index (χ1) is 20.9. The number of esters is 1. The number of benzene rings is 3. The highest BCUT2D eigenvalue weighted by Gasteiger charge is 2.49. The molecule has 5 nitrogen and oxygen atoms in total. The molecule has 0 amide bonds. The van der Waals surface area contributed by atoms with Gasteiger partial charge in [0.15, 0.2) is 0 Å². The fourth-order valence-electron chi connectivity index (χ4n) is 5.75. The van der Waals surface area contributed by atoms with Gasteiger partial charge in [-0.05, 0) is 103 Å². The van der Waals surface area contributed by atoms with E-state index in [0.717, 1.165) is 42.5 Å². The number of carbonyl (C=O) groups excluding carboxylic acids is 1. The Labute approximate surface area is 264 Å². The van der Waals surface area contributed by atoms with Gasteiger partial charge >= 0.3 is 12.1 Å². The summed E-state index contributed by atoms with van der Waals surface area (Å²) in [7, 11) is 1.16. The summed E-state index contributed by atoms with van der Waals surface area (Å²) in [5.41, 5.74) is -0.925. The van der Waals surface area contributed by atoms with Crippen LogP contribution < -0.4 is 4.74 Å². The second-order valence-corrected chi connectivity index (χ2v) is 12.8. The molecule has 0 unspecified atom stereocenters. The quantitative estimate of drug-likeness (QED) is 0.150. The van der Waals surface area contributed by atoms with Gasteiger partial charge in [-0.1, -0.05) is 35.3 Å². The molecule has 1 heterocycles. The molecular weight excluding hydrogens is 641 g/mol. The zero-order valence-corrected chi connectivity index (χ0v) is 25.5. The minimum absolute atomic E-state index is 0.0129. The summed E-state index contributed by atoms with van der Waals surface area (Å²) >= 11 is 14.2. The summed E-state index contributed by atoms with van der Waals surface area (Å²) in [6.45, 7) is -0.0513. The van der Waals surface area contributed by atoms with Crippen molar-refractivity contribution in [1.82, 2.24) is 4.37 Å². The topological polar surface area (TPSA) is 68.7 Å². The normalized spacial score (nSPS) is 19.9. The van der Waals surface area contributed by atoms with Crippen molar-refractivity contribution < 1.29 is 36.9 Å². The van der Waals surface area contributed by atoms with Gasteiger partial charge in [0, 0.05) is 16.0 Å². The lowest BCUT2D eigenvalue weighted by Crippen LogP contribution is -2.41. The summed E-state index contributed by atoms with van der Waals surface area (Å²) in [5.74, 6) is -1.60. The standard InChI is InChI=1S/C32H25Cl2F4NO4S/c1-42-30(40)18-9-17(10-20(35)11-18)19-13-31(41,14-19)23-8-7-21(12-24(23)32(36,37)38)43-15-22-28(39-44-29(22)16-5-6-16)27-25(33)3-2-4-26(27)34/h2-4,7-12,16,19,41H,5-6,13-15H2,1H3. The van der Waals surface area contributed by atoms with E-state index in [1.165, 1.54) is 35.8 Å². The maximum absolute atomic E-state index is 14.3. The van der Waals surface area contributed by atoms with Gasteiger partial charge in [-0.3, -0.25) is 0 Å². The van der Waals surface area contributed by atoms with E-state index in [9.17, 15) is 27.5 Å². The number of nitrogens with zero attached hydrogens (tertiary/aromatic N) is 1. The number of alkyl halides is 3. The first kappa shape index (κ1) is 30.8. The molecule has 0 bridgehead atoms. The summed E-state index contributed by atoms with van der Waals surface area (Å²) in [6.07, 6.45) is -3.00. The summed E-state index contributed by atoms with van der Waals surface area (Å²) < 4.78 is 72.4. The smallest absolute Gasteiger partial charge is 0.416 e. The lowest BCUT2D eigenvalue weighted by molar-refractivity contribution is -0.143. The van der Waals surface area contributed by atoms with Gasteiger partial charge in [0.2, 0.25) is 0 Å². The number of hydrogen-bond acceptors (Lipinski definition) is 6. The van der Waals surface area contributed by atoms with Crippen LogP contribution in [0.3, 0.4) is 0 Å². The van der Waals surface area contributed by atoms with Crippen molar-refractivity contribution in [3.8, 4) is 17.0 Å². The van der Waals surface area contributed by atoms with E-state index in [2.05, 4.69) is 9.11 Å². The predicted octanol–water partition coefficient (Wildman–Crippen LogP) is 9.28. The third-order valence-electron chi connectivity index (χ3n) is 8.13. The molecule has 3 aromatic carbocycles. The Kier molecular flexibility index (Phi) is 8.15. The molecule has 4 aromatic rings. The first-order valence-corrected chi connectivity index (χ1v) is 15.3. The molecule has 2 fully saturated rings. The van der Waals surface area contributed by atoms with E-state index in [-0.39, 0.29) is 36.3 Å². The van der Waals surface area contributed by atoms with Gasteiger partial charge in [-0.2, -0.15) is 17.5 Å². The zero-order chi connectivity index (χ0) is 31.4. The molecule has 2 aliphatic carbocycles. The third-order valence-corrected chi connectivity index (χ3v) is 9.81. The highest BCUT2D eigenvalue weighted by atomic mass is 35.5. The van der Waals surface area contributed by atoms with E-state index in [0.29, 0.717) is 32.8 Å². The molecule has 0 radical (unpaired) electrons. The molecule has 6 rings (SSSR count). The minimum atomic E-state index is -4.79. The van der Waals surface area contributed by atoms with Crippen molar-refractivity contribution in [2.45, 2.75) is 55.9 Å². The van der Waals surface area contributed by atoms with Crippen LogP contribution >= 0.6 is 34.7 Å². The number of hydrogen-bond donors (Lipinski definition) is 1. The van der Waals surface area contributed by atoms with Gasteiger partial charge in [-0.15, -0.1) is 0 Å². The van der Waals surface area contributed by atoms with Crippen LogP contribution in [0.15, 0.2) is 54.6 Å². The lowest BCUT2D eigenvalue weighted by Gasteiger charge is -2.45. The van der Waals surface area contributed by atoms with Crippen LogP contribution in [0.2, 0.25) is 10.0 Å². The Morgan fingerprint density at radius 1 is 1.07 bits per heavy atom. The second kappa shape index (κ2) is 11.6. The SMILES string of the molecule is COC(=O)c1cc(F)cc(C2CC(O)(c3ccc(OCc4c(-c5c(Cl)cccc5Cl)nsc4C4CC4)cc3C(F)(F)F)C2)c1. The van der Waals surface area contributed by atoms with Crippen LogP contribution in [-0.4, -0.2) is 22.6 Å². The predicted molar refractivity (Wildman–Crippen MR) is 159 cm³/mol. The van der Waals surface area contributed by atoms with Crippen molar-refractivity contribution >= 4 is 40.7 Å². The number of halogens is 6. The molecule has 0 saturated heterocycles. The fourth-order valence-corrected chi connectivity index (χ4v) is 7.37. The third kappa shape index (κ3) is 5.92. The molecule has 230 valence electrons. The first-order valence-electron chi connectivity index (χ1n) is 13.8. The maximum Gasteiger partial charge on any atom is 0.416 e. The van der Waals surface area contributed by atoms with Gasteiger partial charge in [0.05, 0.1) is 39.6 Å². The molecule has 1 N–H and O–H groups in total. The van der Waals surface area contributed by atoms with E-state index in [1.807, 2.05) is 0 Å². The number of aliphatic hydroxyl groups is 1. The summed E-state index contributed by atoms with van der Waals surface area (Å²) in [6, 6.07) is 12.3. The molecule has 0 atom stereocenters. The average molecular weight is 667 g/mol. The van der Waals surface area contributed by atoms with E-state index in [4.69, 9.17) is 27.9 Å². The van der Waals surface area contributed by atoms with E-state index >= 15 is 0 Å². The Bertz CT molecular complexity index is 1730. The van der Waals surface area contributed by atoms with E-state index in [1.54, 1.807) is 18.2 Å². The monoisotopic (exact) mass is 665 g/mol. The van der Waals surface area contributed by atoms with Crippen LogP contribution in [0.4, 0.5) is 17.6 Å². The van der Waals surface area contributed by atoms with Crippen LogP contribution in [0.25, 0.3) is 11.3 Å². The highest BCUT2D eigenvalue weighted by Crippen LogP contribution is 2.54. The highest BCUT2D eigenvalue weighted by molar-refractivity contribution is 7.06. The van der Waals surface area contributed by atoms with Gasteiger partial charge in [0.25, 0.3) is 0 Å². The van der Waals surface area contributed by atoms with Crippen molar-refractivity contribution in [3.63, 3.8) is 0 Å². The maximum atomic E-state index is 14.3. The molecular formula is C32H25Cl2F4NO4S. The van der Waals surface area contributed by atoms with Crippen molar-refractivity contribution in [1.29, 1.82) is 0 Å². The van der Waals surface area contributed by atoms with Crippen molar-refractivity contribution in [3.05, 3.63) is 103 Å². The Balaban J connectivity index is 1.26. The molecule has 1 aromatic heterocycles. The lowest BCUT2D eigenvalue weighted by atomic mass is 9.64. The number of methoxy groups -OCH3 is 1. The number of aromatic nitrogens is 1. The number of carbonyl (C=O) groups is 1. The zero-order valence-electron chi connectivity index (χ0n) is 23.2. The molecule has 44 heavy (non-hydrogen) atoms. The van der Waals surface area contributed by atoms with Gasteiger partial charge < -0.3 is 14.6 Å². The molecule has 2 saturated carbocycles. The Morgan fingerprint density at radius 2 is 1.77 bits per heavy atom. The molecule has 12 heteroatoms. The van der Waals surface area contributed by atoms with Crippen LogP contribution in [-0.2, 0) is 23.1 Å². The van der Waals surface area contributed by atoms with E-state index < -0.39 is 35.0 Å². The Hall–Kier alpha value is -3.18. The largest absolute Gasteiger partial charge is 0.489 e. The number of ether oxygens (including phenoxy) is 2. The summed E-state index contributed by atoms with van der Waals surface area (Å²) in [5, 5.41) is 12.1. The minimum Gasteiger partial charge on any atom is -0.489 e. The average Bonchev–Trinajstić information content (AvgIpc) is 3.72. The molecule has 0 aliphatic heterocycles. The van der Waals surface area contributed by atoms with Gasteiger partial charge in [0.1, 0.15) is 18.2 Å². The van der Waals surface area contributed by atoms with Crippen molar-refractivity contribution in [2.75, 3.05) is 7.11 Å². The second-order valence-electron chi connectivity index (χ2n) is 11.1. The summed E-state index contributed by atoms with van der Waals surface area (Å²) in [4.78, 5) is 12.9. The van der Waals surface area contributed by atoms with Crippen LogP contribution in [0.5, 0.6) is 5.75 Å². The molecule has 2 aliphatic rings.